The lowest BCUT2D eigenvalue weighted by Gasteiger charge is -1.98. The lowest BCUT2D eigenvalue weighted by atomic mass is 10.1. The summed E-state index contributed by atoms with van der Waals surface area (Å²) < 4.78 is 0. The highest BCUT2D eigenvalue weighted by molar-refractivity contribution is 5.93. The van der Waals surface area contributed by atoms with Crippen molar-refractivity contribution in [1.82, 2.24) is 15.0 Å². The van der Waals surface area contributed by atoms with Crippen LogP contribution in [-0.4, -0.2) is 15.0 Å². The van der Waals surface area contributed by atoms with Crippen LogP contribution in [-0.2, 0) is 0 Å². The molecule has 3 aromatic rings. The van der Waals surface area contributed by atoms with E-state index >= 15 is 0 Å². The molecule has 0 bridgehead atoms. The number of benzene rings is 1. The molecule has 2 heterocycles. The molecular weight excluding hydrogens is 190 g/mol. The van der Waals surface area contributed by atoms with Crippen LogP contribution in [0.15, 0.2) is 41.5 Å². The third-order valence-electron chi connectivity index (χ3n) is 2.48. The average molecular weight is 199 g/mol. The molecule has 2 aromatic heterocycles. The van der Waals surface area contributed by atoms with Crippen molar-refractivity contribution < 1.29 is 0 Å². The minimum absolute atomic E-state index is 0.183. The van der Waals surface area contributed by atoms with Crippen molar-refractivity contribution in [2.24, 2.45) is 0 Å². The van der Waals surface area contributed by atoms with E-state index in [0.29, 0.717) is 0 Å². The lowest BCUT2D eigenvalue weighted by Crippen LogP contribution is -1.99. The van der Waals surface area contributed by atoms with E-state index in [1.165, 1.54) is 0 Å². The molecule has 4 nitrogen and oxygen atoms in total. The van der Waals surface area contributed by atoms with Gasteiger partial charge in [-0.05, 0) is 12.1 Å². The van der Waals surface area contributed by atoms with Gasteiger partial charge in [-0.15, -0.1) is 0 Å². The van der Waals surface area contributed by atoms with Crippen molar-refractivity contribution in [3.63, 3.8) is 0 Å². The van der Waals surface area contributed by atoms with Crippen LogP contribution in [0.1, 0.15) is 0 Å². The van der Waals surface area contributed by atoms with Gasteiger partial charge in [0.25, 0.3) is 0 Å². The van der Waals surface area contributed by atoms with Crippen LogP contribution < -0.4 is 5.69 Å². The summed E-state index contributed by atoms with van der Waals surface area (Å²) in [5.74, 6) is 0. The Bertz CT molecular complexity index is 659. The minimum atomic E-state index is -0.183. The predicted octanol–water partition coefficient (Wildman–Crippen LogP) is 1.85. The van der Waals surface area contributed by atoms with Crippen LogP contribution in [0.3, 0.4) is 0 Å². The van der Waals surface area contributed by atoms with Crippen molar-refractivity contribution in [1.29, 1.82) is 0 Å². The zero-order valence-electron chi connectivity index (χ0n) is 7.87. The van der Waals surface area contributed by atoms with Crippen molar-refractivity contribution in [2.45, 2.75) is 0 Å². The second-order valence-electron chi connectivity index (χ2n) is 3.40. The van der Waals surface area contributed by atoms with Gasteiger partial charge in [0.1, 0.15) is 0 Å². The molecule has 0 saturated carbocycles. The van der Waals surface area contributed by atoms with Crippen LogP contribution in [0.2, 0.25) is 0 Å². The van der Waals surface area contributed by atoms with Crippen molar-refractivity contribution in [3.05, 3.63) is 47.1 Å². The summed E-state index contributed by atoms with van der Waals surface area (Å²) in [5, 5.41) is 1.10. The van der Waals surface area contributed by atoms with E-state index in [4.69, 9.17) is 0 Å². The third kappa shape index (κ3) is 1.19. The fourth-order valence-electron chi connectivity index (χ4n) is 1.80. The van der Waals surface area contributed by atoms with Crippen molar-refractivity contribution in [2.75, 3.05) is 0 Å². The molecule has 1 aromatic carbocycles. The Hall–Kier alpha value is -2.23. The summed E-state index contributed by atoms with van der Waals surface area (Å²) in [6.45, 7) is 0. The van der Waals surface area contributed by atoms with E-state index in [9.17, 15) is 4.79 Å². The first-order valence-corrected chi connectivity index (χ1v) is 4.69. The van der Waals surface area contributed by atoms with Crippen LogP contribution in [0, 0.1) is 0 Å². The number of fused-ring (bicyclic) bond motifs is 1. The highest BCUT2D eigenvalue weighted by Gasteiger charge is 2.05. The molecular formula is C11H9N3O. The van der Waals surface area contributed by atoms with Gasteiger partial charge in [-0.2, -0.15) is 0 Å². The van der Waals surface area contributed by atoms with Crippen LogP contribution in [0.4, 0.5) is 0 Å². The Kier molecular flexibility index (Phi) is 1.56. The molecule has 0 unspecified atom stereocenters. The third-order valence-corrected chi connectivity index (χ3v) is 2.48. The first-order valence-electron chi connectivity index (χ1n) is 4.69. The van der Waals surface area contributed by atoms with E-state index in [0.717, 1.165) is 22.2 Å². The minimum Gasteiger partial charge on any atom is -0.361 e. The Labute approximate surface area is 85.0 Å². The fourth-order valence-corrected chi connectivity index (χ4v) is 1.80. The number of aromatic amines is 3. The molecule has 0 aliphatic carbocycles. The zero-order valence-corrected chi connectivity index (χ0v) is 7.87. The quantitative estimate of drug-likeness (QED) is 0.550. The number of hydrogen-bond acceptors (Lipinski definition) is 1. The molecule has 0 spiro atoms. The van der Waals surface area contributed by atoms with Gasteiger partial charge in [0, 0.05) is 28.9 Å². The molecule has 0 amide bonds. The molecule has 74 valence electrons. The van der Waals surface area contributed by atoms with Crippen molar-refractivity contribution >= 4 is 10.9 Å². The van der Waals surface area contributed by atoms with Gasteiger partial charge in [-0.3, -0.25) is 0 Å². The summed E-state index contributed by atoms with van der Waals surface area (Å²) in [6, 6.07) is 7.94. The molecule has 3 rings (SSSR count). The summed E-state index contributed by atoms with van der Waals surface area (Å²) in [5.41, 5.74) is 2.71. The second-order valence-corrected chi connectivity index (χ2v) is 3.40. The fraction of sp³-hybridized carbons (Fsp3) is 0. The lowest BCUT2D eigenvalue weighted by molar-refractivity contribution is 1.19. The Balaban J connectivity index is 2.35. The molecule has 4 heteroatoms. The Morgan fingerprint density at radius 2 is 2.00 bits per heavy atom. The number of H-pyrrole nitrogens is 3. The maximum Gasteiger partial charge on any atom is 0.323 e. The number of hydrogen-bond donors (Lipinski definition) is 3. The Morgan fingerprint density at radius 1 is 1.07 bits per heavy atom. The summed E-state index contributed by atoms with van der Waals surface area (Å²) in [4.78, 5) is 19.5. The number of aromatic nitrogens is 3. The maximum atomic E-state index is 11.0. The van der Waals surface area contributed by atoms with E-state index in [-0.39, 0.29) is 5.69 Å². The molecule has 0 aliphatic rings. The molecule has 0 aliphatic heterocycles. The van der Waals surface area contributed by atoms with Gasteiger partial charge in [-0.25, -0.2) is 4.79 Å². The number of imidazole rings is 1. The van der Waals surface area contributed by atoms with Crippen LogP contribution in [0.5, 0.6) is 0 Å². The highest BCUT2D eigenvalue weighted by Crippen LogP contribution is 2.25. The summed E-state index contributed by atoms with van der Waals surface area (Å²) in [7, 11) is 0. The van der Waals surface area contributed by atoms with Gasteiger partial charge < -0.3 is 15.0 Å². The summed E-state index contributed by atoms with van der Waals surface area (Å²) in [6.07, 6.45) is 3.57. The summed E-state index contributed by atoms with van der Waals surface area (Å²) >= 11 is 0. The molecule has 15 heavy (non-hydrogen) atoms. The molecule has 0 radical (unpaired) electrons. The number of nitrogens with one attached hydrogen (secondary N) is 3. The molecule has 0 fully saturated rings. The van der Waals surface area contributed by atoms with E-state index in [1.54, 1.807) is 6.20 Å². The molecule has 0 saturated heterocycles. The largest absolute Gasteiger partial charge is 0.361 e. The standard InChI is InChI=1S/C11H9N3O/c15-11-13-6-10(14-11)7-2-1-3-9-8(7)4-5-12-9/h1-6,12H,(H2,13,14,15). The topological polar surface area (TPSA) is 64.4 Å². The maximum absolute atomic E-state index is 11.0. The predicted molar refractivity (Wildman–Crippen MR) is 58.7 cm³/mol. The highest BCUT2D eigenvalue weighted by atomic mass is 16.1. The van der Waals surface area contributed by atoms with Crippen LogP contribution in [0.25, 0.3) is 22.2 Å². The van der Waals surface area contributed by atoms with Gasteiger partial charge in [-0.1, -0.05) is 12.1 Å². The van der Waals surface area contributed by atoms with Gasteiger partial charge in [0.15, 0.2) is 0 Å². The average Bonchev–Trinajstić information content (AvgIpc) is 2.84. The SMILES string of the molecule is O=c1[nH]cc(-c2cccc3[nH]ccc23)[nH]1. The monoisotopic (exact) mass is 199 g/mol. The zero-order chi connectivity index (χ0) is 10.3. The van der Waals surface area contributed by atoms with Gasteiger partial charge >= 0.3 is 5.69 Å². The number of rotatable bonds is 1. The smallest absolute Gasteiger partial charge is 0.323 e. The molecule has 3 N–H and O–H groups in total. The van der Waals surface area contributed by atoms with Crippen molar-refractivity contribution in [3.8, 4) is 11.3 Å². The molecule has 0 atom stereocenters. The Morgan fingerprint density at radius 3 is 2.80 bits per heavy atom. The second kappa shape index (κ2) is 2.88. The van der Waals surface area contributed by atoms with E-state index in [2.05, 4.69) is 15.0 Å². The van der Waals surface area contributed by atoms with Gasteiger partial charge in [0.2, 0.25) is 0 Å². The van der Waals surface area contributed by atoms with Gasteiger partial charge in [0.05, 0.1) is 5.69 Å². The van der Waals surface area contributed by atoms with E-state index in [1.807, 2.05) is 30.5 Å². The van der Waals surface area contributed by atoms with E-state index < -0.39 is 0 Å². The first-order chi connectivity index (χ1) is 7.34. The first kappa shape index (κ1) is 8.11. The van der Waals surface area contributed by atoms with Crippen LogP contribution >= 0.6 is 0 Å². The normalized spacial score (nSPS) is 10.9.